The van der Waals surface area contributed by atoms with Crippen molar-refractivity contribution < 1.29 is 12.9 Å². The molecule has 0 saturated heterocycles. The zero-order valence-corrected chi connectivity index (χ0v) is 22.0. The van der Waals surface area contributed by atoms with Crippen LogP contribution in [0.15, 0.2) is 39.8 Å². The van der Waals surface area contributed by atoms with E-state index in [4.69, 9.17) is 4.52 Å². The van der Waals surface area contributed by atoms with E-state index < -0.39 is 10.0 Å². The largest absolute Gasteiger partial charge is 0.359 e. The van der Waals surface area contributed by atoms with Crippen LogP contribution in [-0.2, 0) is 28.9 Å². The van der Waals surface area contributed by atoms with Gasteiger partial charge in [-0.25, -0.2) is 18.1 Å². The zero-order valence-electron chi connectivity index (χ0n) is 18.8. The van der Waals surface area contributed by atoms with Crippen LogP contribution in [0, 0.1) is 0 Å². The molecule has 0 bridgehead atoms. The van der Waals surface area contributed by atoms with Crippen LogP contribution in [0.25, 0.3) is 0 Å². The highest BCUT2D eigenvalue weighted by Crippen LogP contribution is 2.15. The fraction of sp³-hybridized carbons (Fsp3) is 0.524. The van der Waals surface area contributed by atoms with Crippen molar-refractivity contribution in [1.29, 1.82) is 0 Å². The van der Waals surface area contributed by atoms with E-state index in [2.05, 4.69) is 39.4 Å². The van der Waals surface area contributed by atoms with E-state index in [1.165, 1.54) is 0 Å². The number of nitrogens with one attached hydrogen (secondary N) is 3. The third kappa shape index (κ3) is 9.56. The Morgan fingerprint density at radius 1 is 1.13 bits per heavy atom. The van der Waals surface area contributed by atoms with E-state index in [1.54, 1.807) is 13.8 Å². The molecule has 1 aromatic heterocycles. The van der Waals surface area contributed by atoms with Crippen LogP contribution in [0.3, 0.4) is 0 Å². The molecule has 8 nitrogen and oxygen atoms in total. The summed E-state index contributed by atoms with van der Waals surface area (Å²) >= 11 is 0. The number of aromatic nitrogens is 1. The van der Waals surface area contributed by atoms with Gasteiger partial charge in [-0.05, 0) is 37.8 Å². The van der Waals surface area contributed by atoms with Crippen molar-refractivity contribution >= 4 is 40.0 Å². The van der Waals surface area contributed by atoms with Crippen LogP contribution in [-0.4, -0.2) is 32.1 Å². The summed E-state index contributed by atoms with van der Waals surface area (Å²) in [6.45, 7) is 11.2. The molecule has 1 aromatic carbocycles. The van der Waals surface area contributed by atoms with E-state index >= 15 is 0 Å². The number of guanidine groups is 1. The highest BCUT2D eigenvalue weighted by Gasteiger charge is 2.15. The zero-order chi connectivity index (χ0) is 22.1. The molecule has 0 atom stereocenters. The fourth-order valence-corrected chi connectivity index (χ4v) is 4.31. The molecule has 2 rings (SSSR count). The lowest BCUT2D eigenvalue weighted by atomic mass is 10.1. The first-order chi connectivity index (χ1) is 14.2. The van der Waals surface area contributed by atoms with Gasteiger partial charge in [0.2, 0.25) is 10.0 Å². The number of benzene rings is 1. The Bertz CT molecular complexity index is 942. The van der Waals surface area contributed by atoms with Gasteiger partial charge in [0.15, 0.2) is 11.7 Å². The Labute approximate surface area is 202 Å². The molecule has 0 fully saturated rings. The second-order valence-corrected chi connectivity index (χ2v) is 9.48. The Morgan fingerprint density at radius 2 is 1.81 bits per heavy atom. The van der Waals surface area contributed by atoms with Gasteiger partial charge < -0.3 is 15.2 Å². The molecule has 1 heterocycles. The molecule has 174 valence electrons. The number of rotatable bonds is 10. The molecular formula is C21H34IN5O3S. The molecule has 0 saturated carbocycles. The van der Waals surface area contributed by atoms with Crippen molar-refractivity contribution in [2.45, 2.75) is 65.4 Å². The van der Waals surface area contributed by atoms with E-state index in [0.29, 0.717) is 31.5 Å². The molecular weight excluding hydrogens is 529 g/mol. The SMILES string of the molecule is CCNC(=NCc1ccccc1CS(=O)(=O)NC(C)C)NCc1cc(C(C)C)no1.I. The summed E-state index contributed by atoms with van der Waals surface area (Å²) in [4.78, 5) is 4.61. The Morgan fingerprint density at radius 3 is 2.39 bits per heavy atom. The number of aliphatic imine (C=N–C) groups is 1. The van der Waals surface area contributed by atoms with Gasteiger partial charge in [-0.2, -0.15) is 0 Å². The lowest BCUT2D eigenvalue weighted by Gasteiger charge is -2.13. The first-order valence-electron chi connectivity index (χ1n) is 10.2. The predicted octanol–water partition coefficient (Wildman–Crippen LogP) is 3.50. The molecule has 0 aliphatic rings. The van der Waals surface area contributed by atoms with E-state index in [1.807, 2.05) is 37.3 Å². The number of hydrogen-bond donors (Lipinski definition) is 3. The third-order valence-electron chi connectivity index (χ3n) is 4.23. The lowest BCUT2D eigenvalue weighted by molar-refractivity contribution is 0.372. The highest BCUT2D eigenvalue weighted by atomic mass is 127. The lowest BCUT2D eigenvalue weighted by Crippen LogP contribution is -2.36. The Hall–Kier alpha value is -1.66. The van der Waals surface area contributed by atoms with Crippen LogP contribution in [0.2, 0.25) is 0 Å². The van der Waals surface area contributed by atoms with Crippen molar-refractivity contribution in [2.24, 2.45) is 4.99 Å². The molecule has 3 N–H and O–H groups in total. The fourth-order valence-electron chi connectivity index (χ4n) is 2.82. The van der Waals surface area contributed by atoms with Gasteiger partial charge in [-0.1, -0.05) is 43.3 Å². The maximum absolute atomic E-state index is 12.3. The first kappa shape index (κ1) is 27.4. The Kier molecular flexibility index (Phi) is 11.5. The second kappa shape index (κ2) is 13.0. The summed E-state index contributed by atoms with van der Waals surface area (Å²) in [6, 6.07) is 9.25. The standard InChI is InChI=1S/C21H33N5O3S.HI/c1-6-22-21(24-13-19-11-20(15(2)3)25-29-19)23-12-17-9-7-8-10-18(17)14-30(27,28)26-16(4)5;/h7-11,15-16,26H,6,12-14H2,1-5H3,(H2,22,23,24);1H. The van der Waals surface area contributed by atoms with Gasteiger partial charge in [0.25, 0.3) is 0 Å². The van der Waals surface area contributed by atoms with Crippen molar-refractivity contribution in [3.05, 3.63) is 52.9 Å². The molecule has 10 heteroatoms. The van der Waals surface area contributed by atoms with Crippen molar-refractivity contribution in [1.82, 2.24) is 20.5 Å². The van der Waals surface area contributed by atoms with Gasteiger partial charge in [-0.3, -0.25) is 0 Å². The van der Waals surface area contributed by atoms with Gasteiger partial charge in [0.05, 0.1) is 24.5 Å². The van der Waals surface area contributed by atoms with Gasteiger partial charge in [0.1, 0.15) is 0 Å². The van der Waals surface area contributed by atoms with Gasteiger partial charge in [-0.15, -0.1) is 24.0 Å². The quantitative estimate of drug-likeness (QED) is 0.232. The molecule has 0 aliphatic carbocycles. The van der Waals surface area contributed by atoms with Crippen molar-refractivity contribution in [3.63, 3.8) is 0 Å². The maximum atomic E-state index is 12.3. The van der Waals surface area contributed by atoms with E-state index in [0.717, 1.165) is 22.6 Å². The van der Waals surface area contributed by atoms with E-state index in [-0.39, 0.29) is 35.8 Å². The van der Waals surface area contributed by atoms with Gasteiger partial charge in [0, 0.05) is 18.7 Å². The van der Waals surface area contributed by atoms with Crippen LogP contribution in [0.1, 0.15) is 63.1 Å². The molecule has 0 aliphatic heterocycles. The number of nitrogens with zero attached hydrogens (tertiary/aromatic N) is 2. The Balaban J connectivity index is 0.00000480. The molecule has 2 aromatic rings. The third-order valence-corrected chi connectivity index (χ3v) is 5.75. The molecule has 0 radical (unpaired) electrons. The summed E-state index contributed by atoms with van der Waals surface area (Å²) in [5.74, 6) is 1.59. The molecule has 0 spiro atoms. The monoisotopic (exact) mass is 563 g/mol. The molecule has 0 unspecified atom stereocenters. The minimum atomic E-state index is -3.41. The van der Waals surface area contributed by atoms with Gasteiger partial charge >= 0.3 is 0 Å². The van der Waals surface area contributed by atoms with Crippen LogP contribution in [0.4, 0.5) is 0 Å². The topological polar surface area (TPSA) is 109 Å². The smallest absolute Gasteiger partial charge is 0.216 e. The average molecular weight is 564 g/mol. The highest BCUT2D eigenvalue weighted by molar-refractivity contribution is 14.0. The minimum Gasteiger partial charge on any atom is -0.359 e. The normalized spacial score (nSPS) is 12.2. The molecule has 31 heavy (non-hydrogen) atoms. The van der Waals surface area contributed by atoms with E-state index in [9.17, 15) is 8.42 Å². The van der Waals surface area contributed by atoms with Crippen molar-refractivity contribution in [2.75, 3.05) is 6.54 Å². The first-order valence-corrected chi connectivity index (χ1v) is 11.9. The summed E-state index contributed by atoms with van der Waals surface area (Å²) in [5.41, 5.74) is 2.52. The maximum Gasteiger partial charge on any atom is 0.216 e. The minimum absolute atomic E-state index is 0. The van der Waals surface area contributed by atoms with Crippen LogP contribution >= 0.6 is 24.0 Å². The number of sulfonamides is 1. The molecule has 0 amide bonds. The summed E-state index contributed by atoms with van der Waals surface area (Å²) < 4.78 is 32.6. The predicted molar refractivity (Wildman–Crippen MR) is 135 cm³/mol. The average Bonchev–Trinajstić information content (AvgIpc) is 3.13. The summed E-state index contributed by atoms with van der Waals surface area (Å²) in [6.07, 6.45) is 0. The summed E-state index contributed by atoms with van der Waals surface area (Å²) in [7, 11) is -3.41. The summed E-state index contributed by atoms with van der Waals surface area (Å²) in [5, 5.41) is 10.5. The number of halogens is 1. The van der Waals surface area contributed by atoms with Crippen LogP contribution in [0.5, 0.6) is 0 Å². The van der Waals surface area contributed by atoms with Crippen LogP contribution < -0.4 is 15.4 Å². The van der Waals surface area contributed by atoms with Crippen molar-refractivity contribution in [3.8, 4) is 0 Å². The second-order valence-electron chi connectivity index (χ2n) is 7.72. The number of hydrogen-bond acceptors (Lipinski definition) is 5.